The van der Waals surface area contributed by atoms with Crippen LogP contribution in [0.5, 0.6) is 0 Å². The Hall–Kier alpha value is -0.820. The van der Waals surface area contributed by atoms with E-state index in [9.17, 15) is 4.79 Å². The zero-order valence-electron chi connectivity index (χ0n) is 13.3. The smallest absolute Gasteiger partial charge is 0.252 e. The quantitative estimate of drug-likeness (QED) is 0.602. The average Bonchev–Trinajstić information content (AvgIpc) is 2.49. The minimum absolute atomic E-state index is 0.371. The topological polar surface area (TPSA) is 17.1 Å². The summed E-state index contributed by atoms with van der Waals surface area (Å²) in [5.41, 5.74) is 1.91. The highest BCUT2D eigenvalue weighted by Crippen LogP contribution is 2.36. The van der Waals surface area contributed by atoms with Crippen LogP contribution in [-0.2, 0) is 6.42 Å². The maximum absolute atomic E-state index is 11.1. The molecule has 1 aliphatic rings. The number of halogens is 1. The number of rotatable bonds is 6. The van der Waals surface area contributed by atoms with Gasteiger partial charge in [0, 0.05) is 5.56 Å². The Bertz CT molecular complexity index is 443. The summed E-state index contributed by atoms with van der Waals surface area (Å²) in [6.07, 6.45) is 9.48. The van der Waals surface area contributed by atoms with Crippen molar-refractivity contribution in [3.63, 3.8) is 0 Å². The molecule has 1 unspecified atom stereocenters. The first-order chi connectivity index (χ1) is 10.1. The lowest BCUT2D eigenvalue weighted by molar-refractivity contribution is 0.108. The van der Waals surface area contributed by atoms with Crippen LogP contribution < -0.4 is 0 Å². The first-order valence-electron chi connectivity index (χ1n) is 8.39. The molecule has 1 atom stereocenters. The summed E-state index contributed by atoms with van der Waals surface area (Å²) in [5.74, 6) is 2.57. The predicted octanol–water partition coefficient (Wildman–Crippen LogP) is 5.85. The lowest BCUT2D eigenvalue weighted by atomic mass is 9.74. The maximum Gasteiger partial charge on any atom is 0.252 e. The largest absolute Gasteiger partial charge is 0.276 e. The Morgan fingerprint density at radius 3 is 2.33 bits per heavy atom. The standard InChI is InChI=1S/C19H27ClO/c1-3-4-15-5-9-17(10-6-15)14(2)13-16-7-11-18(12-8-16)19(20)21/h7-8,11-12,14-15,17H,3-6,9-10,13H2,1-2H3. The molecule has 0 bridgehead atoms. The van der Waals surface area contributed by atoms with Crippen molar-refractivity contribution in [2.24, 2.45) is 17.8 Å². The van der Waals surface area contributed by atoms with Gasteiger partial charge in [0.1, 0.15) is 0 Å². The Kier molecular flexibility index (Phi) is 6.29. The second-order valence-electron chi connectivity index (χ2n) is 6.72. The highest BCUT2D eigenvalue weighted by atomic mass is 35.5. The van der Waals surface area contributed by atoms with E-state index in [1.165, 1.54) is 44.1 Å². The van der Waals surface area contributed by atoms with Crippen molar-refractivity contribution in [2.45, 2.75) is 58.8 Å². The molecule has 1 aliphatic carbocycles. The third-order valence-corrected chi connectivity index (χ3v) is 5.35. The van der Waals surface area contributed by atoms with Crippen molar-refractivity contribution < 1.29 is 4.79 Å². The Balaban J connectivity index is 1.84. The van der Waals surface area contributed by atoms with Gasteiger partial charge in [-0.1, -0.05) is 51.7 Å². The van der Waals surface area contributed by atoms with Crippen LogP contribution in [0.2, 0.25) is 0 Å². The molecule has 0 heterocycles. The van der Waals surface area contributed by atoms with Gasteiger partial charge in [0.05, 0.1) is 0 Å². The molecule has 0 spiro atoms. The first kappa shape index (κ1) is 16.5. The number of carbonyl (C=O) groups excluding carboxylic acids is 1. The molecule has 0 saturated heterocycles. The lowest BCUT2D eigenvalue weighted by Gasteiger charge is -2.32. The molecule has 0 aromatic heterocycles. The van der Waals surface area contributed by atoms with Crippen LogP contribution in [0.15, 0.2) is 24.3 Å². The van der Waals surface area contributed by atoms with E-state index in [2.05, 4.69) is 26.0 Å². The molecule has 1 fully saturated rings. The molecule has 1 saturated carbocycles. The predicted molar refractivity (Wildman–Crippen MR) is 89.8 cm³/mol. The first-order valence-corrected chi connectivity index (χ1v) is 8.76. The van der Waals surface area contributed by atoms with E-state index < -0.39 is 0 Å². The molecule has 0 N–H and O–H groups in total. The van der Waals surface area contributed by atoms with Crippen LogP contribution in [0.1, 0.15) is 68.3 Å². The molecule has 1 aromatic rings. The highest BCUT2D eigenvalue weighted by molar-refractivity contribution is 6.67. The minimum Gasteiger partial charge on any atom is -0.276 e. The fraction of sp³-hybridized carbons (Fsp3) is 0.632. The van der Waals surface area contributed by atoms with E-state index in [4.69, 9.17) is 11.6 Å². The Morgan fingerprint density at radius 1 is 1.19 bits per heavy atom. The van der Waals surface area contributed by atoms with Gasteiger partial charge < -0.3 is 0 Å². The number of hydrogen-bond acceptors (Lipinski definition) is 1. The van der Waals surface area contributed by atoms with E-state index >= 15 is 0 Å². The normalized spacial score (nSPS) is 23.8. The fourth-order valence-corrected chi connectivity index (χ4v) is 3.89. The molecular weight excluding hydrogens is 280 g/mol. The second-order valence-corrected chi connectivity index (χ2v) is 7.06. The van der Waals surface area contributed by atoms with Gasteiger partial charge in [-0.2, -0.15) is 0 Å². The third kappa shape index (κ3) is 4.85. The monoisotopic (exact) mass is 306 g/mol. The van der Waals surface area contributed by atoms with Gasteiger partial charge in [-0.15, -0.1) is 0 Å². The van der Waals surface area contributed by atoms with E-state index in [-0.39, 0.29) is 5.24 Å². The van der Waals surface area contributed by atoms with Crippen molar-refractivity contribution in [1.29, 1.82) is 0 Å². The molecule has 0 amide bonds. The summed E-state index contributed by atoms with van der Waals surface area (Å²) in [4.78, 5) is 11.1. The number of benzene rings is 1. The van der Waals surface area contributed by atoms with Crippen LogP contribution in [0.3, 0.4) is 0 Å². The highest BCUT2D eigenvalue weighted by Gasteiger charge is 2.24. The van der Waals surface area contributed by atoms with Crippen LogP contribution in [0.4, 0.5) is 0 Å². The molecule has 1 aromatic carbocycles. The van der Waals surface area contributed by atoms with Crippen LogP contribution in [-0.4, -0.2) is 5.24 Å². The molecule has 1 nitrogen and oxygen atoms in total. The molecule has 0 radical (unpaired) electrons. The minimum atomic E-state index is -0.371. The van der Waals surface area contributed by atoms with Gasteiger partial charge in [0.2, 0.25) is 0 Å². The molecular formula is C19H27ClO. The zero-order valence-corrected chi connectivity index (χ0v) is 14.0. The second kappa shape index (κ2) is 7.98. The summed E-state index contributed by atoms with van der Waals surface area (Å²) in [7, 11) is 0. The van der Waals surface area contributed by atoms with Gasteiger partial charge in [-0.25, -0.2) is 0 Å². The van der Waals surface area contributed by atoms with Crippen LogP contribution >= 0.6 is 11.6 Å². The van der Waals surface area contributed by atoms with E-state index in [1.807, 2.05) is 12.1 Å². The Morgan fingerprint density at radius 2 is 1.81 bits per heavy atom. The van der Waals surface area contributed by atoms with Gasteiger partial charge in [-0.3, -0.25) is 4.79 Å². The molecule has 2 heteroatoms. The van der Waals surface area contributed by atoms with Crippen molar-refractivity contribution in [3.05, 3.63) is 35.4 Å². The Labute approximate surface area is 134 Å². The zero-order chi connectivity index (χ0) is 15.2. The van der Waals surface area contributed by atoms with Gasteiger partial charge >= 0.3 is 0 Å². The SMILES string of the molecule is CCCC1CCC(C(C)Cc2ccc(C(=O)Cl)cc2)CC1. The van der Waals surface area contributed by atoms with E-state index in [0.717, 1.165) is 24.2 Å². The summed E-state index contributed by atoms with van der Waals surface area (Å²) in [6, 6.07) is 7.79. The van der Waals surface area contributed by atoms with Gasteiger partial charge in [-0.05, 0) is 66.3 Å². The third-order valence-electron chi connectivity index (χ3n) is 5.13. The summed E-state index contributed by atoms with van der Waals surface area (Å²) >= 11 is 5.48. The summed E-state index contributed by atoms with van der Waals surface area (Å²) < 4.78 is 0. The van der Waals surface area contributed by atoms with Gasteiger partial charge in [0.15, 0.2) is 0 Å². The summed E-state index contributed by atoms with van der Waals surface area (Å²) in [6.45, 7) is 4.68. The maximum atomic E-state index is 11.1. The lowest BCUT2D eigenvalue weighted by Crippen LogP contribution is -2.21. The van der Waals surface area contributed by atoms with Crippen molar-refractivity contribution in [3.8, 4) is 0 Å². The molecule has 116 valence electrons. The van der Waals surface area contributed by atoms with E-state index in [0.29, 0.717) is 5.56 Å². The molecule has 21 heavy (non-hydrogen) atoms. The fourth-order valence-electron chi connectivity index (χ4n) is 3.76. The van der Waals surface area contributed by atoms with Crippen molar-refractivity contribution >= 4 is 16.8 Å². The summed E-state index contributed by atoms with van der Waals surface area (Å²) in [5, 5.41) is -0.371. The van der Waals surface area contributed by atoms with Crippen LogP contribution in [0, 0.1) is 17.8 Å². The van der Waals surface area contributed by atoms with Gasteiger partial charge in [0.25, 0.3) is 5.24 Å². The number of carbonyl (C=O) groups is 1. The van der Waals surface area contributed by atoms with E-state index in [1.54, 1.807) is 0 Å². The van der Waals surface area contributed by atoms with Crippen LogP contribution in [0.25, 0.3) is 0 Å². The molecule has 0 aliphatic heterocycles. The average molecular weight is 307 g/mol. The molecule has 2 rings (SSSR count). The van der Waals surface area contributed by atoms with Crippen molar-refractivity contribution in [2.75, 3.05) is 0 Å². The van der Waals surface area contributed by atoms with Crippen molar-refractivity contribution in [1.82, 2.24) is 0 Å². The number of hydrogen-bond donors (Lipinski definition) is 0.